The predicted octanol–water partition coefficient (Wildman–Crippen LogP) is 1.99. The summed E-state index contributed by atoms with van der Waals surface area (Å²) in [4.78, 5) is 2.20. The van der Waals surface area contributed by atoms with Crippen LogP contribution in [0.5, 0.6) is 0 Å². The summed E-state index contributed by atoms with van der Waals surface area (Å²) >= 11 is 3.32. The topological polar surface area (TPSA) is 23.5 Å². The molecule has 0 aliphatic heterocycles. The van der Waals surface area contributed by atoms with Gasteiger partial charge in [0.15, 0.2) is 0 Å². The van der Waals surface area contributed by atoms with Crippen LogP contribution < -0.4 is 0 Å². The molecule has 0 unspecified atom stereocenters. The van der Waals surface area contributed by atoms with Gasteiger partial charge in [0.25, 0.3) is 0 Å². The summed E-state index contributed by atoms with van der Waals surface area (Å²) < 4.78 is 0.979. The van der Waals surface area contributed by atoms with Crippen LogP contribution in [0.4, 0.5) is 0 Å². The first-order valence-electron chi connectivity index (χ1n) is 4.37. The van der Waals surface area contributed by atoms with Crippen LogP contribution in [-0.4, -0.2) is 36.2 Å². The third-order valence-electron chi connectivity index (χ3n) is 1.64. The lowest BCUT2D eigenvalue weighted by molar-refractivity contribution is 0.206. The second-order valence-electron chi connectivity index (χ2n) is 2.87. The lowest BCUT2D eigenvalue weighted by Crippen LogP contribution is -2.29. The molecule has 0 aromatic heterocycles. The van der Waals surface area contributed by atoms with Gasteiger partial charge in [-0.15, -0.1) is 0 Å². The van der Waals surface area contributed by atoms with Crippen molar-refractivity contribution in [3.8, 4) is 0 Å². The summed E-state index contributed by atoms with van der Waals surface area (Å²) in [6, 6.07) is 0. The number of halogens is 1. The van der Waals surface area contributed by atoms with Crippen molar-refractivity contribution in [2.75, 3.05) is 26.2 Å². The van der Waals surface area contributed by atoms with Crippen LogP contribution in [0.3, 0.4) is 0 Å². The van der Waals surface area contributed by atoms with Crippen molar-refractivity contribution in [2.45, 2.75) is 19.8 Å². The highest BCUT2D eigenvalue weighted by atomic mass is 79.9. The summed E-state index contributed by atoms with van der Waals surface area (Å²) in [6.45, 7) is 8.79. The zero-order chi connectivity index (χ0) is 9.40. The molecule has 0 saturated carbocycles. The van der Waals surface area contributed by atoms with Crippen LogP contribution in [0.25, 0.3) is 0 Å². The third kappa shape index (κ3) is 6.83. The molecule has 0 bridgehead atoms. The van der Waals surface area contributed by atoms with Gasteiger partial charge in [-0.1, -0.05) is 35.9 Å². The van der Waals surface area contributed by atoms with E-state index in [1.165, 1.54) is 12.8 Å². The second kappa shape index (κ2) is 7.77. The number of aliphatic hydroxyl groups is 1. The van der Waals surface area contributed by atoms with E-state index in [0.717, 1.165) is 24.1 Å². The summed E-state index contributed by atoms with van der Waals surface area (Å²) in [5.74, 6) is 0. The van der Waals surface area contributed by atoms with E-state index in [0.29, 0.717) is 0 Å². The average Bonchev–Trinajstić information content (AvgIpc) is 2.00. The van der Waals surface area contributed by atoms with E-state index in [9.17, 15) is 0 Å². The zero-order valence-corrected chi connectivity index (χ0v) is 9.31. The normalized spacial score (nSPS) is 10.7. The van der Waals surface area contributed by atoms with Crippen LogP contribution in [0, 0.1) is 0 Å². The van der Waals surface area contributed by atoms with E-state index in [4.69, 9.17) is 5.11 Å². The number of hydrogen-bond acceptors (Lipinski definition) is 2. The van der Waals surface area contributed by atoms with Gasteiger partial charge < -0.3 is 5.11 Å². The molecule has 0 aromatic carbocycles. The third-order valence-corrected chi connectivity index (χ3v) is 1.89. The predicted molar refractivity (Wildman–Crippen MR) is 56.5 cm³/mol. The fraction of sp³-hybridized carbons (Fsp3) is 0.778. The zero-order valence-electron chi connectivity index (χ0n) is 7.72. The van der Waals surface area contributed by atoms with Crippen molar-refractivity contribution >= 4 is 15.9 Å². The van der Waals surface area contributed by atoms with Crippen molar-refractivity contribution in [3.05, 3.63) is 11.1 Å². The minimum atomic E-state index is 0.226. The number of nitrogens with zero attached hydrogens (tertiary/aromatic N) is 1. The van der Waals surface area contributed by atoms with Gasteiger partial charge in [-0.3, -0.25) is 4.90 Å². The molecule has 0 aliphatic carbocycles. The highest BCUT2D eigenvalue weighted by Crippen LogP contribution is 2.04. The Morgan fingerprint density at radius 2 is 2.17 bits per heavy atom. The second-order valence-corrected chi connectivity index (χ2v) is 3.99. The van der Waals surface area contributed by atoms with Gasteiger partial charge in [0.05, 0.1) is 6.61 Å². The Morgan fingerprint density at radius 3 is 2.58 bits per heavy atom. The minimum absolute atomic E-state index is 0.226. The summed E-state index contributed by atoms with van der Waals surface area (Å²) in [5.41, 5.74) is 0. The molecule has 12 heavy (non-hydrogen) atoms. The Balaban J connectivity index is 3.61. The van der Waals surface area contributed by atoms with Crippen molar-refractivity contribution in [2.24, 2.45) is 0 Å². The van der Waals surface area contributed by atoms with E-state index < -0.39 is 0 Å². The Labute approximate surface area is 83.4 Å². The van der Waals surface area contributed by atoms with Crippen molar-refractivity contribution < 1.29 is 5.11 Å². The largest absolute Gasteiger partial charge is 0.395 e. The number of rotatable bonds is 7. The maximum atomic E-state index is 8.76. The molecule has 0 aliphatic rings. The molecule has 0 spiro atoms. The standard InChI is InChI=1S/C9H18BrNO/c1-3-4-5-11(6-7-12)8-9(2)10/h12H,2-8H2,1H3. The smallest absolute Gasteiger partial charge is 0.0558 e. The maximum absolute atomic E-state index is 8.76. The van der Waals surface area contributed by atoms with Crippen molar-refractivity contribution in [1.29, 1.82) is 0 Å². The first-order chi connectivity index (χ1) is 5.70. The average molecular weight is 236 g/mol. The maximum Gasteiger partial charge on any atom is 0.0558 e. The van der Waals surface area contributed by atoms with Gasteiger partial charge in [0.1, 0.15) is 0 Å². The van der Waals surface area contributed by atoms with E-state index in [1.54, 1.807) is 0 Å². The lowest BCUT2D eigenvalue weighted by atomic mass is 10.3. The van der Waals surface area contributed by atoms with Crippen LogP contribution >= 0.6 is 15.9 Å². The SMILES string of the molecule is C=C(Br)CN(CCO)CCCC. The molecule has 1 N–H and O–H groups in total. The Morgan fingerprint density at radius 1 is 1.50 bits per heavy atom. The minimum Gasteiger partial charge on any atom is -0.395 e. The highest BCUT2D eigenvalue weighted by Gasteiger charge is 2.03. The fourth-order valence-corrected chi connectivity index (χ4v) is 1.39. The van der Waals surface area contributed by atoms with Crippen molar-refractivity contribution in [3.63, 3.8) is 0 Å². The lowest BCUT2D eigenvalue weighted by Gasteiger charge is -2.20. The number of aliphatic hydroxyl groups excluding tert-OH is 1. The van der Waals surface area contributed by atoms with Gasteiger partial charge in [0, 0.05) is 17.6 Å². The molecule has 0 heterocycles. The van der Waals surface area contributed by atoms with Gasteiger partial charge in [-0.2, -0.15) is 0 Å². The molecule has 0 radical (unpaired) electrons. The number of hydrogen-bond donors (Lipinski definition) is 1. The summed E-state index contributed by atoms with van der Waals surface area (Å²) in [7, 11) is 0. The first kappa shape index (κ1) is 12.1. The fourth-order valence-electron chi connectivity index (χ4n) is 1.04. The Kier molecular flexibility index (Phi) is 7.86. The van der Waals surface area contributed by atoms with Crippen LogP contribution in [0.15, 0.2) is 11.1 Å². The molecular formula is C9H18BrNO. The Hall–Kier alpha value is 0.140. The molecule has 0 aromatic rings. The molecule has 0 atom stereocenters. The van der Waals surface area contributed by atoms with Crippen LogP contribution in [-0.2, 0) is 0 Å². The molecule has 3 heteroatoms. The molecule has 72 valence electrons. The van der Waals surface area contributed by atoms with Gasteiger partial charge in [0.2, 0.25) is 0 Å². The summed E-state index contributed by atoms with van der Waals surface area (Å²) in [6.07, 6.45) is 2.37. The van der Waals surface area contributed by atoms with Crippen LogP contribution in [0.1, 0.15) is 19.8 Å². The van der Waals surface area contributed by atoms with Gasteiger partial charge >= 0.3 is 0 Å². The molecule has 0 saturated heterocycles. The molecule has 0 rings (SSSR count). The molecule has 0 fully saturated rings. The van der Waals surface area contributed by atoms with Gasteiger partial charge in [-0.25, -0.2) is 0 Å². The molecule has 2 nitrogen and oxygen atoms in total. The van der Waals surface area contributed by atoms with Crippen molar-refractivity contribution in [1.82, 2.24) is 4.90 Å². The van der Waals surface area contributed by atoms with E-state index in [-0.39, 0.29) is 6.61 Å². The number of unbranched alkanes of at least 4 members (excludes halogenated alkanes) is 1. The van der Waals surface area contributed by atoms with Gasteiger partial charge in [-0.05, 0) is 13.0 Å². The van der Waals surface area contributed by atoms with E-state index >= 15 is 0 Å². The molecular weight excluding hydrogens is 218 g/mol. The quantitative estimate of drug-likeness (QED) is 0.730. The summed E-state index contributed by atoms with van der Waals surface area (Å²) in [5, 5.41) is 8.76. The highest BCUT2D eigenvalue weighted by molar-refractivity contribution is 9.11. The van der Waals surface area contributed by atoms with E-state index in [1.807, 2.05) is 0 Å². The first-order valence-corrected chi connectivity index (χ1v) is 5.16. The monoisotopic (exact) mass is 235 g/mol. The van der Waals surface area contributed by atoms with Crippen LogP contribution in [0.2, 0.25) is 0 Å². The van der Waals surface area contributed by atoms with E-state index in [2.05, 4.69) is 34.3 Å². The molecule has 0 amide bonds. The Bertz CT molecular complexity index is 128.